The molecule has 1 aromatic heterocycles. The minimum atomic E-state index is -4.19. The molecule has 31 heavy (non-hydrogen) atoms. The van der Waals surface area contributed by atoms with Crippen molar-refractivity contribution >= 4 is 5.96 Å². The van der Waals surface area contributed by atoms with E-state index in [1.807, 2.05) is 17.2 Å². The number of aryl methyl sites for hydroxylation is 2. The Balaban J connectivity index is 1.47. The zero-order valence-corrected chi connectivity index (χ0v) is 18.1. The van der Waals surface area contributed by atoms with E-state index in [0.29, 0.717) is 38.7 Å². The number of halogens is 3. The first-order chi connectivity index (χ1) is 14.9. The highest BCUT2D eigenvalue weighted by molar-refractivity contribution is 5.79. The monoisotopic (exact) mass is 436 g/mol. The van der Waals surface area contributed by atoms with Gasteiger partial charge in [-0.1, -0.05) is 30.3 Å². The van der Waals surface area contributed by atoms with Gasteiger partial charge in [0.05, 0.1) is 6.54 Å². The molecule has 170 valence electrons. The highest BCUT2D eigenvalue weighted by Crippen LogP contribution is 2.25. The van der Waals surface area contributed by atoms with E-state index in [1.54, 1.807) is 13.2 Å². The fraction of sp³-hybridized carbons (Fsp3) is 0.545. The van der Waals surface area contributed by atoms with Crippen molar-refractivity contribution in [2.45, 2.75) is 45.1 Å². The summed E-state index contributed by atoms with van der Waals surface area (Å²) in [5.41, 5.74) is 1.32. The maximum Gasteiger partial charge on any atom is 0.403 e. The summed E-state index contributed by atoms with van der Waals surface area (Å²) in [7, 11) is 1.69. The third-order valence-corrected chi connectivity index (χ3v) is 5.76. The number of guanidine groups is 1. The van der Waals surface area contributed by atoms with Gasteiger partial charge in [-0.3, -0.25) is 9.89 Å². The first-order valence-corrected chi connectivity index (χ1v) is 10.7. The van der Waals surface area contributed by atoms with E-state index in [9.17, 15) is 13.2 Å². The maximum absolute atomic E-state index is 13.0. The average Bonchev–Trinajstić information content (AvgIpc) is 3.21. The first-order valence-electron chi connectivity index (χ1n) is 10.7. The Morgan fingerprint density at radius 2 is 1.87 bits per heavy atom. The molecule has 1 saturated heterocycles. The Morgan fingerprint density at radius 3 is 2.52 bits per heavy atom. The van der Waals surface area contributed by atoms with E-state index in [-0.39, 0.29) is 0 Å². The molecule has 0 radical (unpaired) electrons. The Bertz CT molecular complexity index is 825. The molecular weight excluding hydrogens is 405 g/mol. The molecule has 3 rings (SSSR count). The molecule has 0 spiro atoms. The summed E-state index contributed by atoms with van der Waals surface area (Å²) in [6, 6.07) is 8.97. The van der Waals surface area contributed by atoms with E-state index in [4.69, 9.17) is 0 Å². The van der Waals surface area contributed by atoms with E-state index in [1.165, 1.54) is 17.4 Å². The number of rotatable bonds is 7. The van der Waals surface area contributed by atoms with E-state index < -0.39 is 12.2 Å². The molecule has 0 saturated carbocycles. The normalized spacial score (nSPS) is 17.1. The molecule has 0 aliphatic carbocycles. The lowest BCUT2D eigenvalue weighted by atomic mass is 10.1. The van der Waals surface area contributed by atoms with Crippen LogP contribution in [-0.4, -0.2) is 70.8 Å². The Labute approximate surface area is 181 Å². The highest BCUT2D eigenvalue weighted by atomic mass is 19.4. The summed E-state index contributed by atoms with van der Waals surface area (Å²) < 4.78 is 41.0. The van der Waals surface area contributed by atoms with Crippen molar-refractivity contribution < 1.29 is 13.2 Å². The predicted molar refractivity (Wildman–Crippen MR) is 116 cm³/mol. The molecular formula is C22H31F3N6. The third kappa shape index (κ3) is 6.46. The topological polar surface area (TPSA) is 48.7 Å². The first kappa shape index (κ1) is 23.1. The quantitative estimate of drug-likeness (QED) is 0.535. The lowest BCUT2D eigenvalue weighted by Crippen LogP contribution is -2.56. The number of aromatic nitrogens is 2. The fourth-order valence-corrected chi connectivity index (χ4v) is 3.83. The second-order valence-electron chi connectivity index (χ2n) is 7.77. The lowest BCUT2D eigenvalue weighted by molar-refractivity contribution is -0.181. The minimum absolute atomic E-state index is 0.357. The number of imidazole rings is 1. The number of nitrogens with one attached hydrogen (secondary N) is 1. The van der Waals surface area contributed by atoms with Crippen molar-refractivity contribution in [1.82, 2.24) is 24.7 Å². The summed E-state index contributed by atoms with van der Waals surface area (Å²) in [6.45, 7) is 4.34. The van der Waals surface area contributed by atoms with Crippen LogP contribution in [0.2, 0.25) is 0 Å². The van der Waals surface area contributed by atoms with Crippen LogP contribution in [0.3, 0.4) is 0 Å². The molecule has 1 aliphatic heterocycles. The van der Waals surface area contributed by atoms with Gasteiger partial charge in [-0.25, -0.2) is 4.98 Å². The molecule has 1 aliphatic rings. The van der Waals surface area contributed by atoms with Gasteiger partial charge in [0, 0.05) is 52.2 Å². The average molecular weight is 437 g/mol. The Hall–Kier alpha value is -2.55. The van der Waals surface area contributed by atoms with Crippen molar-refractivity contribution in [1.29, 1.82) is 0 Å². The van der Waals surface area contributed by atoms with Crippen LogP contribution in [0, 0.1) is 0 Å². The van der Waals surface area contributed by atoms with Crippen LogP contribution in [0.4, 0.5) is 13.2 Å². The van der Waals surface area contributed by atoms with Gasteiger partial charge in [0.15, 0.2) is 5.96 Å². The SMILES string of the molecule is CN=C(NCc1nccn1CCCc1ccccc1)N1CCN(C(C)C(F)(F)F)CC1. The van der Waals surface area contributed by atoms with Crippen LogP contribution >= 0.6 is 0 Å². The van der Waals surface area contributed by atoms with E-state index >= 15 is 0 Å². The molecule has 0 amide bonds. The van der Waals surface area contributed by atoms with Crippen LogP contribution in [0.25, 0.3) is 0 Å². The maximum atomic E-state index is 13.0. The minimum Gasteiger partial charge on any atom is -0.349 e. The third-order valence-electron chi connectivity index (χ3n) is 5.76. The van der Waals surface area contributed by atoms with Gasteiger partial charge in [0.1, 0.15) is 11.9 Å². The highest BCUT2D eigenvalue weighted by Gasteiger charge is 2.41. The van der Waals surface area contributed by atoms with Gasteiger partial charge in [-0.15, -0.1) is 0 Å². The van der Waals surface area contributed by atoms with Gasteiger partial charge in [0.2, 0.25) is 0 Å². The number of nitrogens with zero attached hydrogens (tertiary/aromatic N) is 5. The summed E-state index contributed by atoms with van der Waals surface area (Å²) in [6.07, 6.45) is 1.59. The number of hydrogen-bond donors (Lipinski definition) is 1. The Kier molecular flexibility index (Phi) is 7.95. The zero-order chi connectivity index (χ0) is 22.3. The number of benzene rings is 1. The summed E-state index contributed by atoms with van der Waals surface area (Å²) in [5.74, 6) is 1.61. The second-order valence-corrected chi connectivity index (χ2v) is 7.77. The summed E-state index contributed by atoms with van der Waals surface area (Å²) >= 11 is 0. The van der Waals surface area contributed by atoms with Crippen LogP contribution in [-0.2, 0) is 19.5 Å². The number of aliphatic imine (C=N–C) groups is 1. The molecule has 1 fully saturated rings. The molecule has 9 heteroatoms. The zero-order valence-electron chi connectivity index (χ0n) is 18.1. The molecule has 6 nitrogen and oxygen atoms in total. The van der Waals surface area contributed by atoms with Crippen molar-refractivity contribution in [3.8, 4) is 0 Å². The van der Waals surface area contributed by atoms with Crippen molar-refractivity contribution in [2.75, 3.05) is 33.2 Å². The summed E-state index contributed by atoms with van der Waals surface area (Å²) in [4.78, 5) is 12.2. The van der Waals surface area contributed by atoms with Gasteiger partial charge >= 0.3 is 6.18 Å². The van der Waals surface area contributed by atoms with Gasteiger partial charge in [-0.2, -0.15) is 13.2 Å². The smallest absolute Gasteiger partial charge is 0.349 e. The predicted octanol–water partition coefficient (Wildman–Crippen LogP) is 3.16. The van der Waals surface area contributed by atoms with Crippen molar-refractivity contribution in [3.05, 3.63) is 54.1 Å². The molecule has 2 heterocycles. The standard InChI is InChI=1S/C22H31F3N6/c1-18(22(23,24)25)29-13-15-31(16-14-29)21(26-2)28-17-20-27-10-12-30(20)11-6-9-19-7-4-3-5-8-19/h3-5,7-8,10,12,18H,6,9,11,13-17H2,1-2H3,(H,26,28). The second kappa shape index (κ2) is 10.7. The molecule has 1 aromatic carbocycles. The van der Waals surface area contributed by atoms with Crippen molar-refractivity contribution in [3.63, 3.8) is 0 Å². The number of piperazine rings is 1. The molecule has 2 aromatic rings. The van der Waals surface area contributed by atoms with Gasteiger partial charge < -0.3 is 14.8 Å². The van der Waals surface area contributed by atoms with Gasteiger partial charge in [0.25, 0.3) is 0 Å². The largest absolute Gasteiger partial charge is 0.403 e. The molecule has 1 atom stereocenters. The van der Waals surface area contributed by atoms with E-state index in [2.05, 4.69) is 44.1 Å². The van der Waals surface area contributed by atoms with Crippen LogP contribution < -0.4 is 5.32 Å². The van der Waals surface area contributed by atoms with Gasteiger partial charge in [-0.05, 0) is 25.3 Å². The van der Waals surface area contributed by atoms with Crippen LogP contribution in [0.1, 0.15) is 24.7 Å². The molecule has 0 bridgehead atoms. The molecule has 1 N–H and O–H groups in total. The number of hydrogen-bond acceptors (Lipinski definition) is 3. The summed E-state index contributed by atoms with van der Waals surface area (Å²) in [5, 5.41) is 3.32. The van der Waals surface area contributed by atoms with Crippen LogP contribution in [0.5, 0.6) is 0 Å². The van der Waals surface area contributed by atoms with Crippen LogP contribution in [0.15, 0.2) is 47.7 Å². The van der Waals surface area contributed by atoms with Crippen molar-refractivity contribution in [2.24, 2.45) is 4.99 Å². The lowest BCUT2D eigenvalue weighted by Gasteiger charge is -2.39. The fourth-order valence-electron chi connectivity index (χ4n) is 3.83. The Morgan fingerprint density at radius 1 is 1.16 bits per heavy atom. The molecule has 1 unspecified atom stereocenters. The van der Waals surface area contributed by atoms with E-state index in [0.717, 1.165) is 25.2 Å². The number of alkyl halides is 3.